The van der Waals surface area contributed by atoms with Crippen LogP contribution in [0.5, 0.6) is 0 Å². The maximum Gasteiger partial charge on any atom is 0.306 e. The first-order valence-corrected chi connectivity index (χ1v) is 7.04. The molecule has 0 saturated carbocycles. The fourth-order valence-electron chi connectivity index (χ4n) is 1.32. The van der Waals surface area contributed by atoms with Crippen LogP contribution in [0.1, 0.15) is 52.9 Å². The van der Waals surface area contributed by atoms with Crippen molar-refractivity contribution in [3.63, 3.8) is 0 Å². The van der Waals surface area contributed by atoms with E-state index < -0.39 is 12.1 Å². The fraction of sp³-hybridized carbons (Fsp3) is 0.786. The summed E-state index contributed by atoms with van der Waals surface area (Å²) in [5.41, 5.74) is 0. The fourth-order valence-corrected chi connectivity index (χ4v) is 1.32. The van der Waals surface area contributed by atoms with Crippen molar-refractivity contribution < 1.29 is 28.6 Å². The Labute approximate surface area is 119 Å². The van der Waals surface area contributed by atoms with Gasteiger partial charge in [-0.15, -0.1) is 0 Å². The van der Waals surface area contributed by atoms with Gasteiger partial charge in [-0.3, -0.25) is 14.4 Å². The molecule has 0 spiro atoms. The SMILES string of the molecule is CCCC(=O)OCC(COC(=O)CC)OC(=O)CCC. The normalized spacial score (nSPS) is 11.6. The van der Waals surface area contributed by atoms with E-state index in [0.717, 1.165) is 0 Å². The molecule has 0 saturated heterocycles. The average molecular weight is 288 g/mol. The van der Waals surface area contributed by atoms with Crippen LogP contribution in [0.4, 0.5) is 0 Å². The van der Waals surface area contributed by atoms with E-state index in [-0.39, 0.29) is 38.0 Å². The molecule has 0 aliphatic heterocycles. The molecule has 0 radical (unpaired) electrons. The first-order chi connectivity index (χ1) is 9.53. The summed E-state index contributed by atoms with van der Waals surface area (Å²) in [5.74, 6) is -1.14. The molecule has 0 fully saturated rings. The molecule has 1 atom stereocenters. The van der Waals surface area contributed by atoms with Gasteiger partial charge >= 0.3 is 17.9 Å². The van der Waals surface area contributed by atoms with Gasteiger partial charge in [0.15, 0.2) is 6.10 Å². The molecule has 0 rings (SSSR count). The minimum Gasteiger partial charge on any atom is -0.462 e. The molecule has 0 N–H and O–H groups in total. The molecule has 0 bridgehead atoms. The minimum atomic E-state index is -0.745. The van der Waals surface area contributed by atoms with E-state index in [1.165, 1.54) is 0 Å². The second kappa shape index (κ2) is 11.3. The predicted molar refractivity (Wildman–Crippen MR) is 71.9 cm³/mol. The summed E-state index contributed by atoms with van der Waals surface area (Å²) in [4.78, 5) is 33.8. The molecule has 0 aromatic carbocycles. The van der Waals surface area contributed by atoms with Crippen molar-refractivity contribution in [2.24, 2.45) is 0 Å². The Bertz CT molecular complexity index is 313. The zero-order valence-corrected chi connectivity index (χ0v) is 12.5. The van der Waals surface area contributed by atoms with Crippen molar-refractivity contribution in [1.29, 1.82) is 0 Å². The van der Waals surface area contributed by atoms with Crippen LogP contribution in [0, 0.1) is 0 Å². The monoisotopic (exact) mass is 288 g/mol. The molecule has 0 aromatic rings. The van der Waals surface area contributed by atoms with Gasteiger partial charge in [0.25, 0.3) is 0 Å². The number of ether oxygens (including phenoxy) is 3. The number of carbonyl (C=O) groups excluding carboxylic acids is 3. The van der Waals surface area contributed by atoms with Crippen LogP contribution < -0.4 is 0 Å². The number of esters is 3. The van der Waals surface area contributed by atoms with E-state index in [1.807, 2.05) is 13.8 Å². The summed E-state index contributed by atoms with van der Waals surface area (Å²) in [7, 11) is 0. The maximum atomic E-state index is 11.4. The van der Waals surface area contributed by atoms with Crippen molar-refractivity contribution in [1.82, 2.24) is 0 Å². The molecular formula is C14H24O6. The molecule has 0 aliphatic rings. The number of hydrogen-bond acceptors (Lipinski definition) is 6. The smallest absolute Gasteiger partial charge is 0.306 e. The van der Waals surface area contributed by atoms with Gasteiger partial charge in [-0.25, -0.2) is 0 Å². The van der Waals surface area contributed by atoms with Crippen LogP contribution in [0.15, 0.2) is 0 Å². The van der Waals surface area contributed by atoms with E-state index in [0.29, 0.717) is 19.3 Å². The Morgan fingerprint density at radius 1 is 0.800 bits per heavy atom. The zero-order chi connectivity index (χ0) is 15.4. The average Bonchev–Trinajstić information content (AvgIpc) is 2.42. The van der Waals surface area contributed by atoms with Crippen molar-refractivity contribution in [2.45, 2.75) is 59.0 Å². The van der Waals surface area contributed by atoms with Crippen molar-refractivity contribution in [3.05, 3.63) is 0 Å². The minimum absolute atomic E-state index is 0.0920. The lowest BCUT2D eigenvalue weighted by Gasteiger charge is -2.17. The molecule has 6 nitrogen and oxygen atoms in total. The number of carbonyl (C=O) groups is 3. The van der Waals surface area contributed by atoms with Crippen LogP contribution in [-0.4, -0.2) is 37.2 Å². The summed E-state index contributed by atoms with van der Waals surface area (Å²) in [6.07, 6.45) is 1.43. The topological polar surface area (TPSA) is 78.9 Å². The molecule has 1 unspecified atom stereocenters. The van der Waals surface area contributed by atoms with Gasteiger partial charge in [-0.2, -0.15) is 0 Å². The lowest BCUT2D eigenvalue weighted by atomic mass is 10.3. The highest BCUT2D eigenvalue weighted by Gasteiger charge is 2.18. The number of hydrogen-bond donors (Lipinski definition) is 0. The highest BCUT2D eigenvalue weighted by molar-refractivity contribution is 5.70. The molecule has 0 amide bonds. The summed E-state index contributed by atoms with van der Waals surface area (Å²) in [5, 5.41) is 0. The largest absolute Gasteiger partial charge is 0.462 e. The molecule has 0 aliphatic carbocycles. The first kappa shape index (κ1) is 18.4. The van der Waals surface area contributed by atoms with Gasteiger partial charge < -0.3 is 14.2 Å². The van der Waals surface area contributed by atoms with Crippen LogP contribution in [0.25, 0.3) is 0 Å². The lowest BCUT2D eigenvalue weighted by Crippen LogP contribution is -2.30. The van der Waals surface area contributed by atoms with Crippen LogP contribution in [-0.2, 0) is 28.6 Å². The Morgan fingerprint density at radius 3 is 1.80 bits per heavy atom. The summed E-state index contributed by atoms with van der Waals surface area (Å²) in [6, 6.07) is 0. The molecule has 116 valence electrons. The second-order valence-corrected chi connectivity index (χ2v) is 4.33. The third-order valence-electron chi connectivity index (χ3n) is 2.36. The quantitative estimate of drug-likeness (QED) is 0.452. The number of rotatable bonds is 10. The predicted octanol–water partition coefficient (Wildman–Crippen LogP) is 1.99. The molecular weight excluding hydrogens is 264 g/mol. The van der Waals surface area contributed by atoms with E-state index >= 15 is 0 Å². The van der Waals surface area contributed by atoms with E-state index in [1.54, 1.807) is 6.92 Å². The Morgan fingerprint density at radius 2 is 1.30 bits per heavy atom. The standard InChI is InChI=1S/C14H24O6/c1-4-7-13(16)19-10-11(9-18-12(15)6-3)20-14(17)8-5-2/h11H,4-10H2,1-3H3. The molecule has 0 heterocycles. The van der Waals surface area contributed by atoms with Gasteiger partial charge in [0, 0.05) is 19.3 Å². The van der Waals surface area contributed by atoms with Gasteiger partial charge in [0.2, 0.25) is 0 Å². The van der Waals surface area contributed by atoms with Gasteiger partial charge in [-0.1, -0.05) is 20.8 Å². The van der Waals surface area contributed by atoms with Gasteiger partial charge in [0.1, 0.15) is 13.2 Å². The van der Waals surface area contributed by atoms with E-state index in [4.69, 9.17) is 14.2 Å². The Kier molecular flexibility index (Phi) is 10.4. The Balaban J connectivity index is 4.26. The van der Waals surface area contributed by atoms with Crippen molar-refractivity contribution >= 4 is 17.9 Å². The van der Waals surface area contributed by atoms with Crippen LogP contribution in [0.3, 0.4) is 0 Å². The highest BCUT2D eigenvalue weighted by Crippen LogP contribution is 2.03. The Hall–Kier alpha value is -1.59. The zero-order valence-electron chi connectivity index (χ0n) is 12.5. The summed E-state index contributed by atoms with van der Waals surface area (Å²) < 4.78 is 15.0. The lowest BCUT2D eigenvalue weighted by molar-refractivity contribution is -0.166. The van der Waals surface area contributed by atoms with Crippen LogP contribution >= 0.6 is 0 Å². The van der Waals surface area contributed by atoms with Crippen molar-refractivity contribution in [3.8, 4) is 0 Å². The first-order valence-electron chi connectivity index (χ1n) is 7.04. The third kappa shape index (κ3) is 9.35. The molecule has 6 heteroatoms. The van der Waals surface area contributed by atoms with Crippen LogP contribution in [0.2, 0.25) is 0 Å². The van der Waals surface area contributed by atoms with Gasteiger partial charge in [-0.05, 0) is 12.8 Å². The van der Waals surface area contributed by atoms with E-state index in [9.17, 15) is 14.4 Å². The third-order valence-corrected chi connectivity index (χ3v) is 2.36. The van der Waals surface area contributed by atoms with E-state index in [2.05, 4.69) is 0 Å². The van der Waals surface area contributed by atoms with Gasteiger partial charge in [0.05, 0.1) is 0 Å². The molecule has 0 aromatic heterocycles. The highest BCUT2D eigenvalue weighted by atomic mass is 16.6. The van der Waals surface area contributed by atoms with Crippen molar-refractivity contribution in [2.75, 3.05) is 13.2 Å². The maximum absolute atomic E-state index is 11.4. The second-order valence-electron chi connectivity index (χ2n) is 4.33. The molecule has 20 heavy (non-hydrogen) atoms. The summed E-state index contributed by atoms with van der Waals surface area (Å²) in [6.45, 7) is 5.20. The summed E-state index contributed by atoms with van der Waals surface area (Å²) >= 11 is 0.